The summed E-state index contributed by atoms with van der Waals surface area (Å²) in [5, 5.41) is 4.96. The van der Waals surface area contributed by atoms with Gasteiger partial charge in [0.25, 0.3) is 5.91 Å². The largest absolute Gasteiger partial charge is 0.487 e. The molecule has 0 unspecified atom stereocenters. The van der Waals surface area contributed by atoms with Crippen molar-refractivity contribution in [3.8, 4) is 5.75 Å². The number of nitrogens with one attached hydrogen (secondary N) is 1. The predicted octanol–water partition coefficient (Wildman–Crippen LogP) is 4.90. The number of rotatable bonds is 5. The quantitative estimate of drug-likeness (QED) is 0.710. The number of thiazole rings is 1. The van der Waals surface area contributed by atoms with E-state index in [-0.39, 0.29) is 5.91 Å². The molecular weight excluding hydrogens is 332 g/mol. The Labute approximate surface area is 151 Å². The molecule has 0 aliphatic rings. The normalized spacial score (nSPS) is 10.5. The zero-order chi connectivity index (χ0) is 17.8. The van der Waals surface area contributed by atoms with Gasteiger partial charge in [0.15, 0.2) is 0 Å². The van der Waals surface area contributed by atoms with Crippen LogP contribution < -0.4 is 10.1 Å². The first-order valence-electron chi connectivity index (χ1n) is 8.02. The summed E-state index contributed by atoms with van der Waals surface area (Å²) in [6.45, 7) is 6.45. The molecule has 1 aromatic heterocycles. The van der Waals surface area contributed by atoms with Crippen LogP contribution in [0.3, 0.4) is 0 Å². The molecule has 25 heavy (non-hydrogen) atoms. The Bertz CT molecular complexity index is 865. The minimum absolute atomic E-state index is 0.144. The van der Waals surface area contributed by atoms with Gasteiger partial charge in [0, 0.05) is 16.6 Å². The van der Waals surface area contributed by atoms with Crippen molar-refractivity contribution in [3.63, 3.8) is 0 Å². The van der Waals surface area contributed by atoms with Gasteiger partial charge in [-0.05, 0) is 50.1 Å². The molecule has 1 amide bonds. The molecule has 0 radical (unpaired) electrons. The third-order valence-corrected chi connectivity index (χ3v) is 4.52. The number of ether oxygens (including phenoxy) is 1. The summed E-state index contributed by atoms with van der Waals surface area (Å²) in [5.74, 6) is 0.507. The summed E-state index contributed by atoms with van der Waals surface area (Å²) in [6.07, 6.45) is 0. The Morgan fingerprint density at radius 1 is 1.16 bits per heavy atom. The number of hydrogen-bond acceptors (Lipinski definition) is 4. The van der Waals surface area contributed by atoms with Gasteiger partial charge < -0.3 is 10.1 Å². The molecule has 0 saturated carbocycles. The van der Waals surface area contributed by atoms with Crippen LogP contribution in [0.1, 0.15) is 32.7 Å². The second-order valence-corrected chi connectivity index (χ2v) is 6.74. The van der Waals surface area contributed by atoms with E-state index >= 15 is 0 Å². The molecule has 3 rings (SSSR count). The summed E-state index contributed by atoms with van der Waals surface area (Å²) >= 11 is 1.53. The minimum atomic E-state index is -0.144. The number of nitrogens with zero attached hydrogens (tertiary/aromatic N) is 1. The molecule has 4 nitrogen and oxygen atoms in total. The van der Waals surface area contributed by atoms with Gasteiger partial charge in [-0.1, -0.05) is 23.8 Å². The van der Waals surface area contributed by atoms with Gasteiger partial charge in [0.1, 0.15) is 12.4 Å². The molecule has 0 atom stereocenters. The molecule has 128 valence electrons. The highest BCUT2D eigenvalue weighted by Crippen LogP contribution is 2.23. The van der Waals surface area contributed by atoms with Crippen molar-refractivity contribution < 1.29 is 9.53 Å². The van der Waals surface area contributed by atoms with E-state index in [9.17, 15) is 4.79 Å². The topological polar surface area (TPSA) is 51.2 Å². The van der Waals surface area contributed by atoms with Crippen molar-refractivity contribution in [1.29, 1.82) is 0 Å². The van der Waals surface area contributed by atoms with E-state index in [0.717, 1.165) is 22.5 Å². The molecule has 1 N–H and O–H groups in total. The molecule has 0 saturated heterocycles. The maximum atomic E-state index is 12.6. The third kappa shape index (κ3) is 4.25. The van der Waals surface area contributed by atoms with Crippen molar-refractivity contribution in [2.75, 3.05) is 5.32 Å². The van der Waals surface area contributed by atoms with Crippen LogP contribution in [0.4, 0.5) is 5.69 Å². The first-order chi connectivity index (χ1) is 12.0. The van der Waals surface area contributed by atoms with Crippen LogP contribution in [0.15, 0.2) is 47.3 Å². The van der Waals surface area contributed by atoms with Crippen LogP contribution in [-0.2, 0) is 6.61 Å². The Morgan fingerprint density at radius 2 is 1.92 bits per heavy atom. The first-order valence-corrected chi connectivity index (χ1v) is 8.96. The van der Waals surface area contributed by atoms with Gasteiger partial charge in [-0.15, -0.1) is 11.3 Å². The van der Waals surface area contributed by atoms with Gasteiger partial charge in [-0.2, -0.15) is 0 Å². The first kappa shape index (κ1) is 17.2. The van der Waals surface area contributed by atoms with Gasteiger partial charge in [-0.25, -0.2) is 4.98 Å². The summed E-state index contributed by atoms with van der Waals surface area (Å²) in [6, 6.07) is 11.3. The number of anilines is 1. The second-order valence-electron chi connectivity index (χ2n) is 6.02. The molecule has 0 bridgehead atoms. The van der Waals surface area contributed by atoms with Crippen molar-refractivity contribution in [2.24, 2.45) is 0 Å². The van der Waals surface area contributed by atoms with Crippen LogP contribution in [0.5, 0.6) is 5.75 Å². The zero-order valence-electron chi connectivity index (χ0n) is 14.5. The Morgan fingerprint density at radius 3 is 2.60 bits per heavy atom. The molecule has 3 aromatic rings. The predicted molar refractivity (Wildman–Crippen MR) is 101 cm³/mol. The summed E-state index contributed by atoms with van der Waals surface area (Å²) < 4.78 is 5.72. The van der Waals surface area contributed by atoms with Crippen molar-refractivity contribution in [1.82, 2.24) is 4.98 Å². The van der Waals surface area contributed by atoms with Crippen LogP contribution in [0.25, 0.3) is 0 Å². The minimum Gasteiger partial charge on any atom is -0.487 e. The van der Waals surface area contributed by atoms with E-state index in [1.54, 1.807) is 17.6 Å². The highest BCUT2D eigenvalue weighted by Gasteiger charge is 2.11. The Kier molecular flexibility index (Phi) is 5.14. The lowest BCUT2D eigenvalue weighted by atomic mass is 10.0. The van der Waals surface area contributed by atoms with E-state index < -0.39 is 0 Å². The Hall–Kier alpha value is -2.66. The third-order valence-electron chi connectivity index (χ3n) is 3.88. The number of amides is 1. The van der Waals surface area contributed by atoms with E-state index in [4.69, 9.17) is 4.74 Å². The van der Waals surface area contributed by atoms with Crippen molar-refractivity contribution in [2.45, 2.75) is 27.4 Å². The number of carbonyl (C=O) groups excluding carboxylic acids is 1. The number of carbonyl (C=O) groups is 1. The smallest absolute Gasteiger partial charge is 0.255 e. The molecule has 2 aromatic carbocycles. The number of hydrogen-bond donors (Lipinski definition) is 1. The van der Waals surface area contributed by atoms with E-state index in [0.29, 0.717) is 17.9 Å². The fourth-order valence-corrected chi connectivity index (χ4v) is 3.30. The number of aromatic nitrogens is 1. The molecule has 0 spiro atoms. The number of benzene rings is 2. The van der Waals surface area contributed by atoms with Crippen LogP contribution >= 0.6 is 11.3 Å². The van der Waals surface area contributed by atoms with Crippen LogP contribution in [0, 0.1) is 20.8 Å². The molecule has 5 heteroatoms. The molecule has 0 fully saturated rings. The van der Waals surface area contributed by atoms with Gasteiger partial charge in [0.05, 0.1) is 11.2 Å². The fraction of sp³-hybridized carbons (Fsp3) is 0.200. The zero-order valence-corrected chi connectivity index (χ0v) is 15.3. The molecular formula is C20H20N2O2S. The molecule has 1 heterocycles. The van der Waals surface area contributed by atoms with Gasteiger partial charge in [-0.3, -0.25) is 4.79 Å². The maximum Gasteiger partial charge on any atom is 0.255 e. The lowest BCUT2D eigenvalue weighted by molar-refractivity contribution is 0.102. The second kappa shape index (κ2) is 7.49. The highest BCUT2D eigenvalue weighted by atomic mass is 32.1. The average molecular weight is 352 g/mol. The van der Waals surface area contributed by atoms with E-state index in [2.05, 4.69) is 29.4 Å². The lowest BCUT2D eigenvalue weighted by Gasteiger charge is -2.13. The van der Waals surface area contributed by atoms with E-state index in [1.165, 1.54) is 16.9 Å². The van der Waals surface area contributed by atoms with Crippen LogP contribution in [0.2, 0.25) is 0 Å². The van der Waals surface area contributed by atoms with Crippen molar-refractivity contribution >= 4 is 22.9 Å². The molecule has 0 aliphatic heterocycles. The average Bonchev–Trinajstić information content (AvgIpc) is 3.10. The SMILES string of the molecule is Cc1cc(C)c(NC(=O)c2cccc(OCc3cscn3)c2)c(C)c1. The monoisotopic (exact) mass is 352 g/mol. The summed E-state index contributed by atoms with van der Waals surface area (Å²) in [5.41, 5.74) is 7.38. The fourth-order valence-electron chi connectivity index (χ4n) is 2.76. The number of aryl methyl sites for hydroxylation is 3. The lowest BCUT2D eigenvalue weighted by Crippen LogP contribution is -2.14. The standard InChI is InChI=1S/C20H20N2O2S/c1-13-7-14(2)19(15(3)8-13)22-20(23)16-5-4-6-18(9-16)24-10-17-11-25-12-21-17/h4-9,11-12H,10H2,1-3H3,(H,22,23). The Balaban J connectivity index is 1.73. The van der Waals surface area contributed by atoms with Gasteiger partial charge in [0.2, 0.25) is 0 Å². The summed E-state index contributed by atoms with van der Waals surface area (Å²) in [4.78, 5) is 16.8. The van der Waals surface area contributed by atoms with Crippen LogP contribution in [-0.4, -0.2) is 10.9 Å². The van der Waals surface area contributed by atoms with E-state index in [1.807, 2.05) is 31.4 Å². The van der Waals surface area contributed by atoms with Crippen molar-refractivity contribution in [3.05, 3.63) is 75.2 Å². The maximum absolute atomic E-state index is 12.6. The summed E-state index contributed by atoms with van der Waals surface area (Å²) in [7, 11) is 0. The van der Waals surface area contributed by atoms with Gasteiger partial charge >= 0.3 is 0 Å². The highest BCUT2D eigenvalue weighted by molar-refractivity contribution is 7.07. The molecule has 0 aliphatic carbocycles.